The molecule has 0 fully saturated rings. The standard InChI is InChI=1S/C21H22BrClN4O2S/c1-4-27-20(14(3)29-18-8-6-5-7-13(18)2)25-26-21(27)30-12-19(28)24-17-10-9-15(22)11-16(17)23/h5-11,14H,4,12H2,1-3H3,(H,24,28). The number of anilines is 1. The van der Waals surface area contributed by atoms with Gasteiger partial charge < -0.3 is 14.6 Å². The Morgan fingerprint density at radius 2 is 2.07 bits per heavy atom. The van der Waals surface area contributed by atoms with E-state index >= 15 is 0 Å². The monoisotopic (exact) mass is 508 g/mol. The summed E-state index contributed by atoms with van der Waals surface area (Å²) in [4.78, 5) is 12.4. The van der Waals surface area contributed by atoms with Crippen molar-refractivity contribution in [1.29, 1.82) is 0 Å². The number of thioether (sulfide) groups is 1. The SMILES string of the molecule is CCn1c(SCC(=O)Nc2ccc(Br)cc2Cl)nnc1C(C)Oc1ccccc1C. The lowest BCUT2D eigenvalue weighted by molar-refractivity contribution is -0.113. The van der Waals surface area contributed by atoms with Gasteiger partial charge in [0, 0.05) is 11.0 Å². The maximum atomic E-state index is 12.4. The van der Waals surface area contributed by atoms with Gasteiger partial charge in [-0.3, -0.25) is 4.79 Å². The van der Waals surface area contributed by atoms with Crippen molar-refractivity contribution in [1.82, 2.24) is 14.8 Å². The van der Waals surface area contributed by atoms with Crippen LogP contribution in [0.4, 0.5) is 5.69 Å². The molecule has 0 spiro atoms. The van der Waals surface area contributed by atoms with Crippen LogP contribution in [0.3, 0.4) is 0 Å². The largest absolute Gasteiger partial charge is 0.482 e. The number of rotatable bonds is 8. The summed E-state index contributed by atoms with van der Waals surface area (Å²) in [5, 5.41) is 12.5. The van der Waals surface area contributed by atoms with Gasteiger partial charge in [-0.15, -0.1) is 10.2 Å². The van der Waals surface area contributed by atoms with Crippen LogP contribution in [-0.4, -0.2) is 26.4 Å². The van der Waals surface area contributed by atoms with Crippen molar-refractivity contribution in [2.75, 3.05) is 11.1 Å². The molecule has 1 aromatic heterocycles. The smallest absolute Gasteiger partial charge is 0.234 e. The molecule has 3 rings (SSSR count). The average Bonchev–Trinajstić information content (AvgIpc) is 3.13. The fraction of sp³-hybridized carbons (Fsp3) is 0.286. The van der Waals surface area contributed by atoms with E-state index in [-0.39, 0.29) is 17.8 Å². The lowest BCUT2D eigenvalue weighted by Gasteiger charge is -2.17. The number of hydrogen-bond donors (Lipinski definition) is 1. The first-order valence-electron chi connectivity index (χ1n) is 9.42. The van der Waals surface area contributed by atoms with Crippen molar-refractivity contribution in [2.45, 2.75) is 38.6 Å². The molecule has 1 N–H and O–H groups in total. The number of halogens is 2. The van der Waals surface area contributed by atoms with E-state index < -0.39 is 0 Å². The normalized spacial score (nSPS) is 11.9. The van der Waals surface area contributed by atoms with Gasteiger partial charge in [-0.25, -0.2) is 0 Å². The van der Waals surface area contributed by atoms with Crippen molar-refractivity contribution < 1.29 is 9.53 Å². The van der Waals surface area contributed by atoms with Crippen molar-refractivity contribution >= 4 is 50.9 Å². The first kappa shape index (κ1) is 22.7. The van der Waals surface area contributed by atoms with Gasteiger partial charge in [0.2, 0.25) is 5.91 Å². The number of nitrogens with zero attached hydrogens (tertiary/aromatic N) is 3. The Kier molecular flexibility index (Phi) is 7.80. The van der Waals surface area contributed by atoms with Crippen molar-refractivity contribution in [3.63, 3.8) is 0 Å². The molecule has 6 nitrogen and oxygen atoms in total. The van der Waals surface area contributed by atoms with Gasteiger partial charge in [-0.1, -0.05) is 57.5 Å². The van der Waals surface area contributed by atoms with E-state index in [1.807, 2.05) is 55.7 Å². The Bertz CT molecular complexity index is 1040. The van der Waals surface area contributed by atoms with Crippen molar-refractivity contribution in [3.8, 4) is 5.75 Å². The first-order chi connectivity index (χ1) is 14.4. The minimum absolute atomic E-state index is 0.166. The molecular weight excluding hydrogens is 488 g/mol. The maximum absolute atomic E-state index is 12.4. The molecular formula is C21H22BrClN4O2S. The number of amides is 1. The van der Waals surface area contributed by atoms with Gasteiger partial charge in [0.15, 0.2) is 17.1 Å². The summed E-state index contributed by atoms with van der Waals surface area (Å²) in [5.74, 6) is 1.56. The molecule has 3 aromatic rings. The molecule has 0 aliphatic carbocycles. The third-order valence-corrected chi connectivity index (χ3v) is 6.13. The molecule has 158 valence electrons. The lowest BCUT2D eigenvalue weighted by Crippen LogP contribution is -2.15. The molecule has 1 unspecified atom stereocenters. The third-order valence-electron chi connectivity index (χ3n) is 4.36. The molecule has 0 aliphatic rings. The van der Waals surface area contributed by atoms with Gasteiger partial charge in [-0.2, -0.15) is 0 Å². The van der Waals surface area contributed by atoms with E-state index in [0.29, 0.717) is 22.4 Å². The summed E-state index contributed by atoms with van der Waals surface area (Å²) < 4.78 is 8.90. The van der Waals surface area contributed by atoms with Crippen LogP contribution in [0.1, 0.15) is 31.3 Å². The maximum Gasteiger partial charge on any atom is 0.234 e. The zero-order chi connectivity index (χ0) is 21.7. The number of ether oxygens (including phenoxy) is 1. The zero-order valence-corrected chi connectivity index (χ0v) is 20.0. The van der Waals surface area contributed by atoms with Gasteiger partial charge in [0.1, 0.15) is 5.75 Å². The summed E-state index contributed by atoms with van der Waals surface area (Å²) in [5.41, 5.74) is 1.63. The molecule has 0 saturated heterocycles. The number of aromatic nitrogens is 3. The zero-order valence-electron chi connectivity index (χ0n) is 16.9. The summed E-state index contributed by atoms with van der Waals surface area (Å²) in [6.07, 6.45) is -0.275. The highest BCUT2D eigenvalue weighted by molar-refractivity contribution is 9.10. The number of hydrogen-bond acceptors (Lipinski definition) is 5. The molecule has 9 heteroatoms. The van der Waals surface area contributed by atoms with E-state index in [0.717, 1.165) is 21.6 Å². The highest BCUT2D eigenvalue weighted by Crippen LogP contribution is 2.28. The van der Waals surface area contributed by atoms with Crippen LogP contribution in [-0.2, 0) is 11.3 Å². The predicted octanol–water partition coefficient (Wildman–Crippen LogP) is 5.89. The minimum Gasteiger partial charge on any atom is -0.482 e. The molecule has 2 aromatic carbocycles. The van der Waals surface area contributed by atoms with Crippen LogP contribution in [0, 0.1) is 6.92 Å². The van der Waals surface area contributed by atoms with E-state index in [9.17, 15) is 4.79 Å². The second-order valence-corrected chi connectivity index (χ2v) is 8.84. The summed E-state index contributed by atoms with van der Waals surface area (Å²) >= 11 is 10.8. The molecule has 1 atom stereocenters. The van der Waals surface area contributed by atoms with Gasteiger partial charge in [0.25, 0.3) is 0 Å². The number of benzene rings is 2. The van der Waals surface area contributed by atoms with Crippen molar-refractivity contribution in [3.05, 3.63) is 63.3 Å². The van der Waals surface area contributed by atoms with E-state index in [1.54, 1.807) is 12.1 Å². The van der Waals surface area contributed by atoms with Crippen LogP contribution >= 0.6 is 39.3 Å². The quantitative estimate of drug-likeness (QED) is 0.383. The van der Waals surface area contributed by atoms with E-state index in [2.05, 4.69) is 31.4 Å². The number of carbonyl (C=O) groups excluding carboxylic acids is 1. The van der Waals surface area contributed by atoms with Crippen LogP contribution in [0.15, 0.2) is 52.1 Å². The van der Waals surface area contributed by atoms with Gasteiger partial charge >= 0.3 is 0 Å². The van der Waals surface area contributed by atoms with Gasteiger partial charge in [0.05, 0.1) is 16.5 Å². The number of carbonyl (C=O) groups is 1. The Hall–Kier alpha value is -2.03. The highest BCUT2D eigenvalue weighted by Gasteiger charge is 2.20. The topological polar surface area (TPSA) is 69.0 Å². The lowest BCUT2D eigenvalue weighted by atomic mass is 10.2. The molecule has 1 heterocycles. The second kappa shape index (κ2) is 10.3. The van der Waals surface area contributed by atoms with E-state index in [1.165, 1.54) is 11.8 Å². The highest BCUT2D eigenvalue weighted by atomic mass is 79.9. The fourth-order valence-corrected chi connectivity index (χ4v) is 4.37. The number of nitrogens with one attached hydrogen (secondary N) is 1. The van der Waals surface area contributed by atoms with Crippen LogP contribution in [0.25, 0.3) is 0 Å². The van der Waals surface area contributed by atoms with Gasteiger partial charge in [-0.05, 0) is 50.6 Å². The van der Waals surface area contributed by atoms with E-state index in [4.69, 9.17) is 16.3 Å². The molecule has 30 heavy (non-hydrogen) atoms. The number of aryl methyl sites for hydroxylation is 1. The first-order valence-corrected chi connectivity index (χ1v) is 11.6. The van der Waals surface area contributed by atoms with Crippen molar-refractivity contribution in [2.24, 2.45) is 0 Å². The second-order valence-electron chi connectivity index (χ2n) is 6.57. The third kappa shape index (κ3) is 5.56. The molecule has 0 saturated carbocycles. The fourth-order valence-electron chi connectivity index (χ4n) is 2.84. The predicted molar refractivity (Wildman–Crippen MR) is 124 cm³/mol. The van der Waals surface area contributed by atoms with Crippen LogP contribution in [0.5, 0.6) is 5.75 Å². The average molecular weight is 510 g/mol. The molecule has 0 bridgehead atoms. The summed E-state index contributed by atoms with van der Waals surface area (Å²) in [6.45, 7) is 6.63. The Balaban J connectivity index is 1.65. The molecule has 1 amide bonds. The number of para-hydroxylation sites is 1. The van der Waals surface area contributed by atoms with Crippen LogP contribution < -0.4 is 10.1 Å². The minimum atomic E-state index is -0.275. The molecule has 0 aliphatic heterocycles. The Morgan fingerprint density at radius 3 is 2.77 bits per heavy atom. The van der Waals surface area contributed by atoms with Crippen LogP contribution in [0.2, 0.25) is 5.02 Å². The molecule has 0 radical (unpaired) electrons. The Morgan fingerprint density at radius 1 is 1.30 bits per heavy atom. The summed E-state index contributed by atoms with van der Waals surface area (Å²) in [6, 6.07) is 13.2. The summed E-state index contributed by atoms with van der Waals surface area (Å²) in [7, 11) is 0. The Labute approximate surface area is 193 Å².